The highest BCUT2D eigenvalue weighted by Gasteiger charge is 2.84. The minimum atomic E-state index is -1.26. The second-order valence-electron chi connectivity index (χ2n) is 19.9. The summed E-state index contributed by atoms with van der Waals surface area (Å²) in [4.78, 5) is 17.4. The summed E-state index contributed by atoms with van der Waals surface area (Å²) in [6, 6.07) is 0. The number of amides is 1. The summed E-state index contributed by atoms with van der Waals surface area (Å²) in [5.41, 5.74) is -1.05. The predicted octanol–water partition coefficient (Wildman–Crippen LogP) is 4.60. The molecule has 9 unspecified atom stereocenters. The molecule has 3 N–H and O–H groups in total. The van der Waals surface area contributed by atoms with E-state index in [9.17, 15) is 20.1 Å². The van der Waals surface area contributed by atoms with Crippen molar-refractivity contribution >= 4 is 5.91 Å². The quantitative estimate of drug-likeness (QED) is 0.372. The smallest absolute Gasteiger partial charge is 0.237 e. The van der Waals surface area contributed by atoms with Crippen molar-refractivity contribution in [2.45, 2.75) is 155 Å². The number of fused-ring (bicyclic) bond motifs is 4. The summed E-state index contributed by atoms with van der Waals surface area (Å²) in [5.74, 6) is 1.73. The van der Waals surface area contributed by atoms with E-state index >= 15 is 0 Å². The van der Waals surface area contributed by atoms with E-state index in [4.69, 9.17) is 14.2 Å². The highest BCUT2D eigenvalue weighted by atomic mass is 16.7. The molecule has 8 aliphatic rings. The van der Waals surface area contributed by atoms with Crippen LogP contribution >= 0.6 is 0 Å². The number of hydrogen-bond acceptors (Lipinski definition) is 8. The number of ether oxygens (including phenoxy) is 3. The average molecular weight is 687 g/mol. The van der Waals surface area contributed by atoms with Gasteiger partial charge in [-0.1, -0.05) is 34.6 Å². The van der Waals surface area contributed by atoms with Crippen molar-refractivity contribution in [3.05, 3.63) is 0 Å². The van der Waals surface area contributed by atoms with Crippen LogP contribution in [0.15, 0.2) is 0 Å². The molecule has 0 aromatic carbocycles. The fourth-order valence-electron chi connectivity index (χ4n) is 14.6. The second-order valence-corrected chi connectivity index (χ2v) is 19.9. The number of carbonyl (C=O) groups is 1. The van der Waals surface area contributed by atoms with E-state index < -0.39 is 23.9 Å². The highest BCUT2D eigenvalue weighted by Crippen LogP contribution is 2.89. The lowest BCUT2D eigenvalue weighted by atomic mass is 9.41. The molecular formula is C40H66N2O7. The van der Waals surface area contributed by atoms with Gasteiger partial charge in [-0.3, -0.25) is 9.69 Å². The first-order valence-corrected chi connectivity index (χ1v) is 20.0. The third kappa shape index (κ3) is 4.90. The molecule has 8 rings (SSSR count). The molecule has 278 valence electrons. The third-order valence-electron chi connectivity index (χ3n) is 17.1. The zero-order chi connectivity index (χ0) is 34.9. The average Bonchev–Trinajstić information content (AvgIpc) is 3.33. The Labute approximate surface area is 294 Å². The van der Waals surface area contributed by atoms with Crippen LogP contribution in [0.4, 0.5) is 0 Å². The minimum absolute atomic E-state index is 0.0140. The molecule has 14 atom stereocenters. The Morgan fingerprint density at radius 3 is 2.41 bits per heavy atom. The van der Waals surface area contributed by atoms with E-state index in [0.717, 1.165) is 45.2 Å². The second kappa shape index (κ2) is 11.6. The van der Waals surface area contributed by atoms with E-state index in [-0.39, 0.29) is 57.4 Å². The number of morpholine rings is 1. The molecule has 3 heterocycles. The first kappa shape index (κ1) is 35.2. The molecule has 0 aromatic heterocycles. The van der Waals surface area contributed by atoms with Gasteiger partial charge in [0, 0.05) is 12.0 Å². The monoisotopic (exact) mass is 686 g/mol. The molecule has 2 spiro atoms. The van der Waals surface area contributed by atoms with Crippen LogP contribution in [0.5, 0.6) is 0 Å². The van der Waals surface area contributed by atoms with Crippen molar-refractivity contribution in [2.75, 3.05) is 39.3 Å². The molecule has 0 aromatic rings. The van der Waals surface area contributed by atoms with E-state index in [0.29, 0.717) is 50.4 Å². The maximum atomic E-state index is 13.2. The van der Waals surface area contributed by atoms with Crippen LogP contribution in [0.2, 0.25) is 0 Å². The first-order valence-electron chi connectivity index (χ1n) is 20.0. The minimum Gasteiger partial charge on any atom is -0.390 e. The highest BCUT2D eigenvalue weighted by molar-refractivity contribution is 5.78. The number of carbonyl (C=O) groups excluding carboxylic acids is 1. The number of likely N-dealkylation sites (tertiary alicyclic amines) is 1. The Balaban J connectivity index is 0.985. The van der Waals surface area contributed by atoms with Gasteiger partial charge in [-0.25, -0.2) is 0 Å². The third-order valence-corrected chi connectivity index (χ3v) is 17.1. The summed E-state index contributed by atoms with van der Waals surface area (Å²) in [6.07, 6.45) is 8.46. The largest absolute Gasteiger partial charge is 0.390 e. The van der Waals surface area contributed by atoms with Crippen LogP contribution in [0.25, 0.3) is 0 Å². The number of hydrogen-bond donors (Lipinski definition) is 3. The maximum Gasteiger partial charge on any atom is 0.237 e. The molecule has 0 bridgehead atoms. The van der Waals surface area contributed by atoms with Crippen molar-refractivity contribution in [1.82, 2.24) is 9.80 Å². The Morgan fingerprint density at radius 1 is 1.00 bits per heavy atom. The Bertz CT molecular complexity index is 1300. The first-order chi connectivity index (χ1) is 23.0. The van der Waals surface area contributed by atoms with Gasteiger partial charge in [-0.05, 0) is 136 Å². The molecule has 3 aliphatic heterocycles. The van der Waals surface area contributed by atoms with Crippen LogP contribution in [0, 0.1) is 50.7 Å². The SMILES string of the molecule is C[C@@H]1CC(C(O)C(C)(C)O)OC2[C@H]1C1(C)CCC34CC35CCC(OC3CN(C(=O)CN6CCCC6)CCO3)C(C)(C)[C@@H]5CCC4[C@]1(C)[C@H]2O. The topological polar surface area (TPSA) is 112 Å². The van der Waals surface area contributed by atoms with Crippen molar-refractivity contribution in [2.24, 2.45) is 50.7 Å². The maximum absolute atomic E-state index is 13.2. The van der Waals surface area contributed by atoms with Gasteiger partial charge in [-0.2, -0.15) is 0 Å². The lowest BCUT2D eigenvalue weighted by Crippen LogP contribution is -2.60. The molecule has 49 heavy (non-hydrogen) atoms. The lowest BCUT2D eigenvalue weighted by molar-refractivity contribution is -0.248. The molecule has 1 amide bonds. The van der Waals surface area contributed by atoms with Crippen molar-refractivity contribution in [3.8, 4) is 0 Å². The van der Waals surface area contributed by atoms with Crippen LogP contribution < -0.4 is 0 Å². The molecule has 0 radical (unpaired) electrons. The van der Waals surface area contributed by atoms with Gasteiger partial charge in [0.05, 0.1) is 49.7 Å². The molecule has 3 saturated heterocycles. The zero-order valence-corrected chi connectivity index (χ0v) is 31.5. The van der Waals surface area contributed by atoms with Gasteiger partial charge in [0.2, 0.25) is 5.91 Å². The van der Waals surface area contributed by atoms with Crippen molar-refractivity contribution < 1.29 is 34.3 Å². The molecule has 5 aliphatic carbocycles. The van der Waals surface area contributed by atoms with Gasteiger partial charge in [0.1, 0.15) is 6.10 Å². The van der Waals surface area contributed by atoms with Gasteiger partial charge < -0.3 is 34.4 Å². The van der Waals surface area contributed by atoms with Crippen LogP contribution in [-0.4, -0.2) is 113 Å². The fourth-order valence-corrected chi connectivity index (χ4v) is 14.6. The van der Waals surface area contributed by atoms with Crippen LogP contribution in [0.3, 0.4) is 0 Å². The Hall–Kier alpha value is -0.810. The van der Waals surface area contributed by atoms with Gasteiger partial charge in [0.15, 0.2) is 6.29 Å². The lowest BCUT2D eigenvalue weighted by Gasteiger charge is -2.64. The fraction of sp³-hybridized carbons (Fsp3) is 0.975. The van der Waals surface area contributed by atoms with Crippen LogP contribution in [0.1, 0.15) is 113 Å². The van der Waals surface area contributed by atoms with E-state index in [1.165, 1.54) is 25.7 Å². The number of aliphatic hydroxyl groups excluding tert-OH is 2. The summed E-state index contributed by atoms with van der Waals surface area (Å²) in [5, 5.41) is 34.2. The van der Waals surface area contributed by atoms with E-state index in [1.807, 2.05) is 4.90 Å². The van der Waals surface area contributed by atoms with Gasteiger partial charge >= 0.3 is 0 Å². The number of rotatable bonds is 6. The number of nitrogens with zero attached hydrogens (tertiary/aromatic N) is 2. The summed E-state index contributed by atoms with van der Waals surface area (Å²) in [6.45, 7) is 19.6. The van der Waals surface area contributed by atoms with Crippen molar-refractivity contribution in [3.63, 3.8) is 0 Å². The molecule has 8 fully saturated rings. The zero-order valence-electron chi connectivity index (χ0n) is 31.5. The Kier molecular flexibility index (Phi) is 8.34. The molecule has 9 heteroatoms. The summed E-state index contributed by atoms with van der Waals surface area (Å²) >= 11 is 0. The summed E-state index contributed by atoms with van der Waals surface area (Å²) < 4.78 is 19.7. The van der Waals surface area contributed by atoms with Crippen molar-refractivity contribution in [1.29, 1.82) is 0 Å². The molecule has 5 saturated carbocycles. The van der Waals surface area contributed by atoms with E-state index in [2.05, 4.69) is 39.5 Å². The standard InChI is InChI=1S/C40H66N2O7/c1-24-20-25(33(44)36(4,5)46)48-32-31(24)37(6)14-15-40-23-39(40)13-12-28(35(2,3)26(39)10-11-27(40)38(37,7)34(32)45)49-30-22-42(18-19-47-30)29(43)21-41-16-8-9-17-41/h24-28,30-34,44-46H,8-23H2,1-7H3/t24-,25?,26+,27?,28?,30?,31+,32?,33?,34+,37?,38-,39?,40?/m1/s1. The van der Waals surface area contributed by atoms with Gasteiger partial charge in [0.25, 0.3) is 0 Å². The molecular weight excluding hydrogens is 620 g/mol. The Morgan fingerprint density at radius 2 is 1.69 bits per heavy atom. The van der Waals surface area contributed by atoms with Crippen LogP contribution in [-0.2, 0) is 19.0 Å². The van der Waals surface area contributed by atoms with E-state index in [1.54, 1.807) is 13.8 Å². The predicted molar refractivity (Wildman–Crippen MR) is 185 cm³/mol. The normalized spacial score (nSPS) is 51.2. The molecule has 9 nitrogen and oxygen atoms in total. The summed E-state index contributed by atoms with van der Waals surface area (Å²) in [7, 11) is 0. The number of aliphatic hydroxyl groups is 3. The van der Waals surface area contributed by atoms with Gasteiger partial charge in [-0.15, -0.1) is 0 Å².